The molecule has 0 aliphatic rings. The zero-order valence-corrected chi connectivity index (χ0v) is 11.6. The van der Waals surface area contributed by atoms with Crippen molar-refractivity contribution < 1.29 is 19.4 Å². The van der Waals surface area contributed by atoms with Gasteiger partial charge in [0.15, 0.2) is 6.61 Å². The lowest BCUT2D eigenvalue weighted by Gasteiger charge is -2.08. The van der Waals surface area contributed by atoms with Crippen molar-refractivity contribution in [2.75, 3.05) is 19.0 Å². The van der Waals surface area contributed by atoms with E-state index in [9.17, 15) is 4.79 Å². The maximum Gasteiger partial charge on any atom is 0.262 e. The Balaban J connectivity index is 1.86. The summed E-state index contributed by atoms with van der Waals surface area (Å²) < 4.78 is 10.4. The number of aliphatic hydroxyl groups is 1. The molecular weight excluding hydrogens is 272 g/mol. The molecule has 6 nitrogen and oxygen atoms in total. The van der Waals surface area contributed by atoms with Gasteiger partial charge in [0.2, 0.25) is 0 Å². The van der Waals surface area contributed by atoms with E-state index in [0.29, 0.717) is 22.9 Å². The Hall–Kier alpha value is -2.60. The van der Waals surface area contributed by atoms with Crippen molar-refractivity contribution in [3.8, 4) is 11.5 Å². The fourth-order valence-corrected chi connectivity index (χ4v) is 1.64. The number of ether oxygens (including phenoxy) is 2. The largest absolute Gasteiger partial charge is 0.497 e. The Morgan fingerprint density at radius 1 is 1.29 bits per heavy atom. The van der Waals surface area contributed by atoms with Gasteiger partial charge in [-0.3, -0.25) is 9.78 Å². The maximum absolute atomic E-state index is 11.8. The van der Waals surface area contributed by atoms with Crippen LogP contribution in [0.4, 0.5) is 5.69 Å². The molecule has 2 N–H and O–H groups in total. The molecule has 0 aliphatic carbocycles. The highest BCUT2D eigenvalue weighted by Crippen LogP contribution is 2.16. The third-order valence-electron chi connectivity index (χ3n) is 2.68. The van der Waals surface area contributed by atoms with E-state index in [1.807, 2.05) is 0 Å². The number of benzene rings is 1. The first-order chi connectivity index (χ1) is 10.2. The minimum atomic E-state index is -0.283. The van der Waals surface area contributed by atoms with Crippen molar-refractivity contribution in [2.45, 2.75) is 6.61 Å². The predicted molar refractivity (Wildman–Crippen MR) is 77.3 cm³/mol. The molecule has 110 valence electrons. The number of methoxy groups -OCH3 is 1. The van der Waals surface area contributed by atoms with E-state index in [1.165, 1.54) is 6.20 Å². The number of rotatable bonds is 6. The highest BCUT2D eigenvalue weighted by molar-refractivity contribution is 5.92. The second kappa shape index (κ2) is 7.25. The molecule has 0 saturated heterocycles. The SMILES string of the molecule is COc1cccc(NC(=O)COc2ccc(CO)nc2)c1. The van der Waals surface area contributed by atoms with Crippen LogP contribution in [0.2, 0.25) is 0 Å². The molecule has 21 heavy (non-hydrogen) atoms. The van der Waals surface area contributed by atoms with Gasteiger partial charge < -0.3 is 19.9 Å². The van der Waals surface area contributed by atoms with Crippen molar-refractivity contribution >= 4 is 11.6 Å². The number of pyridine rings is 1. The summed E-state index contributed by atoms with van der Waals surface area (Å²) in [6.07, 6.45) is 1.46. The van der Waals surface area contributed by atoms with Gasteiger partial charge in [-0.15, -0.1) is 0 Å². The zero-order valence-electron chi connectivity index (χ0n) is 11.6. The second-order valence-electron chi connectivity index (χ2n) is 4.21. The average Bonchev–Trinajstić information content (AvgIpc) is 2.53. The molecule has 0 unspecified atom stereocenters. The van der Waals surface area contributed by atoms with E-state index in [1.54, 1.807) is 43.5 Å². The quantitative estimate of drug-likeness (QED) is 0.844. The van der Waals surface area contributed by atoms with Crippen LogP contribution in [0.3, 0.4) is 0 Å². The van der Waals surface area contributed by atoms with E-state index in [2.05, 4.69) is 10.3 Å². The Morgan fingerprint density at radius 3 is 2.81 bits per heavy atom. The third-order valence-corrected chi connectivity index (χ3v) is 2.68. The van der Waals surface area contributed by atoms with E-state index in [4.69, 9.17) is 14.6 Å². The first kappa shape index (κ1) is 14.8. The van der Waals surface area contributed by atoms with E-state index < -0.39 is 0 Å². The number of anilines is 1. The van der Waals surface area contributed by atoms with Crippen molar-refractivity contribution in [1.82, 2.24) is 4.98 Å². The Morgan fingerprint density at radius 2 is 2.14 bits per heavy atom. The molecule has 1 aromatic heterocycles. The molecule has 0 radical (unpaired) electrons. The molecule has 2 rings (SSSR count). The molecule has 0 bridgehead atoms. The lowest BCUT2D eigenvalue weighted by atomic mass is 10.3. The third kappa shape index (κ3) is 4.47. The molecule has 0 aliphatic heterocycles. The molecule has 1 aromatic carbocycles. The van der Waals surface area contributed by atoms with Crippen LogP contribution in [-0.2, 0) is 11.4 Å². The fraction of sp³-hybridized carbons (Fsp3) is 0.200. The van der Waals surface area contributed by atoms with Crippen LogP contribution in [-0.4, -0.2) is 29.7 Å². The molecular formula is C15H16N2O4. The summed E-state index contributed by atoms with van der Waals surface area (Å²) in [7, 11) is 1.56. The molecule has 1 amide bonds. The van der Waals surface area contributed by atoms with Crippen LogP contribution in [0.15, 0.2) is 42.6 Å². The van der Waals surface area contributed by atoms with Gasteiger partial charge in [-0.2, -0.15) is 0 Å². The van der Waals surface area contributed by atoms with Gasteiger partial charge in [0.05, 0.1) is 25.6 Å². The number of amides is 1. The summed E-state index contributed by atoms with van der Waals surface area (Å²) in [4.78, 5) is 15.7. The van der Waals surface area contributed by atoms with Gasteiger partial charge >= 0.3 is 0 Å². The number of aromatic nitrogens is 1. The smallest absolute Gasteiger partial charge is 0.262 e. The van der Waals surface area contributed by atoms with Crippen molar-refractivity contribution in [3.05, 3.63) is 48.3 Å². The van der Waals surface area contributed by atoms with Crippen LogP contribution in [0.1, 0.15) is 5.69 Å². The molecule has 0 spiro atoms. The Labute approximate surface area is 122 Å². The zero-order chi connectivity index (χ0) is 15.1. The average molecular weight is 288 g/mol. The lowest BCUT2D eigenvalue weighted by Crippen LogP contribution is -2.20. The van der Waals surface area contributed by atoms with E-state index in [-0.39, 0.29) is 19.1 Å². The normalized spacial score (nSPS) is 10.0. The van der Waals surface area contributed by atoms with Crippen molar-refractivity contribution in [1.29, 1.82) is 0 Å². The summed E-state index contributed by atoms with van der Waals surface area (Å²) in [5.41, 5.74) is 1.18. The predicted octanol–water partition coefficient (Wildman–Crippen LogP) is 1.60. The summed E-state index contributed by atoms with van der Waals surface area (Å²) in [5.74, 6) is 0.847. The molecule has 1 heterocycles. The summed E-state index contributed by atoms with van der Waals surface area (Å²) in [6, 6.07) is 10.3. The van der Waals surface area contributed by atoms with Gasteiger partial charge in [0, 0.05) is 11.8 Å². The van der Waals surface area contributed by atoms with Gasteiger partial charge in [0.25, 0.3) is 5.91 Å². The molecule has 0 fully saturated rings. The molecule has 6 heteroatoms. The number of hydrogen-bond donors (Lipinski definition) is 2. The molecule has 2 aromatic rings. The number of hydrogen-bond acceptors (Lipinski definition) is 5. The topological polar surface area (TPSA) is 80.7 Å². The standard InChI is InChI=1S/C15H16N2O4/c1-20-13-4-2-3-11(7-13)17-15(19)10-21-14-6-5-12(9-18)16-8-14/h2-8,18H,9-10H2,1H3,(H,17,19). The number of carbonyl (C=O) groups excluding carboxylic acids is 1. The number of nitrogens with zero attached hydrogens (tertiary/aromatic N) is 1. The minimum absolute atomic E-state index is 0.128. The van der Waals surface area contributed by atoms with E-state index >= 15 is 0 Å². The van der Waals surface area contributed by atoms with Crippen LogP contribution < -0.4 is 14.8 Å². The number of aliphatic hydroxyl groups excluding tert-OH is 1. The first-order valence-corrected chi connectivity index (χ1v) is 6.34. The van der Waals surface area contributed by atoms with Crippen molar-refractivity contribution in [3.63, 3.8) is 0 Å². The fourth-order valence-electron chi connectivity index (χ4n) is 1.64. The first-order valence-electron chi connectivity index (χ1n) is 6.34. The minimum Gasteiger partial charge on any atom is -0.497 e. The van der Waals surface area contributed by atoms with Crippen LogP contribution >= 0.6 is 0 Å². The monoisotopic (exact) mass is 288 g/mol. The van der Waals surface area contributed by atoms with Crippen LogP contribution in [0, 0.1) is 0 Å². The summed E-state index contributed by atoms with van der Waals surface area (Å²) >= 11 is 0. The van der Waals surface area contributed by atoms with Crippen molar-refractivity contribution in [2.24, 2.45) is 0 Å². The van der Waals surface area contributed by atoms with E-state index in [0.717, 1.165) is 0 Å². The van der Waals surface area contributed by atoms with Gasteiger partial charge in [-0.05, 0) is 24.3 Å². The number of carbonyl (C=O) groups is 1. The lowest BCUT2D eigenvalue weighted by molar-refractivity contribution is -0.118. The second-order valence-corrected chi connectivity index (χ2v) is 4.21. The molecule has 0 saturated carbocycles. The highest BCUT2D eigenvalue weighted by Gasteiger charge is 2.05. The summed E-state index contributed by atoms with van der Waals surface area (Å²) in [5, 5.41) is 11.6. The van der Waals surface area contributed by atoms with Gasteiger partial charge in [0.1, 0.15) is 11.5 Å². The Kier molecular flexibility index (Phi) is 5.11. The van der Waals surface area contributed by atoms with Crippen LogP contribution in [0.25, 0.3) is 0 Å². The summed E-state index contributed by atoms with van der Waals surface area (Å²) in [6.45, 7) is -0.256. The number of nitrogens with one attached hydrogen (secondary N) is 1. The van der Waals surface area contributed by atoms with Gasteiger partial charge in [-0.25, -0.2) is 0 Å². The van der Waals surface area contributed by atoms with Gasteiger partial charge in [-0.1, -0.05) is 6.07 Å². The Bertz CT molecular complexity index is 599. The van der Waals surface area contributed by atoms with Crippen LogP contribution in [0.5, 0.6) is 11.5 Å². The maximum atomic E-state index is 11.8. The molecule has 0 atom stereocenters. The highest BCUT2D eigenvalue weighted by atomic mass is 16.5.